The van der Waals surface area contributed by atoms with Gasteiger partial charge in [0, 0.05) is 69.6 Å². The van der Waals surface area contributed by atoms with E-state index in [4.69, 9.17) is 0 Å². The van der Waals surface area contributed by atoms with Crippen molar-refractivity contribution in [3.63, 3.8) is 0 Å². The summed E-state index contributed by atoms with van der Waals surface area (Å²) < 4.78 is 3.24. The van der Waals surface area contributed by atoms with Gasteiger partial charge in [0.15, 0.2) is 5.82 Å². The number of aromatic nitrogens is 6. The number of hydrogen-bond acceptors (Lipinski definition) is 7. The summed E-state index contributed by atoms with van der Waals surface area (Å²) in [4.78, 5) is 29.6. The highest BCUT2D eigenvalue weighted by Crippen LogP contribution is 2.34. The molecule has 2 fully saturated rings. The zero-order valence-corrected chi connectivity index (χ0v) is 15.0. The van der Waals surface area contributed by atoms with Gasteiger partial charge in [-0.3, -0.25) is 4.79 Å². The van der Waals surface area contributed by atoms with E-state index in [0.29, 0.717) is 11.8 Å². The van der Waals surface area contributed by atoms with Crippen molar-refractivity contribution in [2.24, 2.45) is 18.9 Å². The van der Waals surface area contributed by atoms with E-state index in [1.165, 1.54) is 4.57 Å². The van der Waals surface area contributed by atoms with E-state index in [0.717, 1.165) is 43.6 Å². The van der Waals surface area contributed by atoms with Crippen LogP contribution in [0.3, 0.4) is 0 Å². The molecule has 27 heavy (non-hydrogen) atoms. The van der Waals surface area contributed by atoms with Crippen LogP contribution in [-0.2, 0) is 7.05 Å². The minimum absolute atomic E-state index is 0.0224. The number of rotatable bonds is 3. The minimum Gasteiger partial charge on any atom is -0.356 e. The number of fused-ring (bicyclic) bond motifs is 1. The van der Waals surface area contributed by atoms with Gasteiger partial charge in [0.1, 0.15) is 18.0 Å². The van der Waals surface area contributed by atoms with Crippen LogP contribution in [0.25, 0.3) is 5.82 Å². The second kappa shape index (κ2) is 6.19. The highest BCUT2D eigenvalue weighted by molar-refractivity contribution is 5.46. The van der Waals surface area contributed by atoms with Crippen LogP contribution in [0.2, 0.25) is 0 Å². The molecule has 0 aromatic carbocycles. The molecule has 2 aliphatic rings. The van der Waals surface area contributed by atoms with E-state index in [9.17, 15) is 4.79 Å². The maximum Gasteiger partial charge on any atom is 0.255 e. The summed E-state index contributed by atoms with van der Waals surface area (Å²) in [6.45, 7) is 3.72. The van der Waals surface area contributed by atoms with Gasteiger partial charge in [0.2, 0.25) is 0 Å². The molecule has 0 saturated carbocycles. The number of hydrogen-bond donors (Lipinski definition) is 0. The fourth-order valence-corrected chi connectivity index (χ4v) is 4.03. The third kappa shape index (κ3) is 2.84. The van der Waals surface area contributed by atoms with Gasteiger partial charge in [-0.25, -0.2) is 19.6 Å². The molecule has 0 bridgehead atoms. The molecule has 2 atom stereocenters. The van der Waals surface area contributed by atoms with E-state index in [2.05, 4.69) is 29.9 Å². The second-order valence-electron chi connectivity index (χ2n) is 7.21. The Balaban J connectivity index is 1.31. The molecule has 0 radical (unpaired) electrons. The number of aryl methyl sites for hydroxylation is 1. The first-order chi connectivity index (χ1) is 13.2. The van der Waals surface area contributed by atoms with Crippen LogP contribution in [-0.4, -0.2) is 55.5 Å². The van der Waals surface area contributed by atoms with E-state index in [1.807, 2.05) is 18.3 Å². The highest BCUT2D eigenvalue weighted by Gasteiger charge is 2.41. The van der Waals surface area contributed by atoms with Crippen LogP contribution in [0.4, 0.5) is 11.6 Å². The topological polar surface area (TPSA) is 85.0 Å². The molecule has 0 aliphatic carbocycles. The molecule has 3 aromatic heterocycles. The summed E-state index contributed by atoms with van der Waals surface area (Å²) in [5.74, 6) is 3.57. The quantitative estimate of drug-likeness (QED) is 0.662. The van der Waals surface area contributed by atoms with Gasteiger partial charge < -0.3 is 14.4 Å². The minimum atomic E-state index is -0.0224. The number of anilines is 2. The molecule has 0 amide bonds. The van der Waals surface area contributed by atoms with Gasteiger partial charge >= 0.3 is 0 Å². The average Bonchev–Trinajstić information content (AvgIpc) is 3.40. The zero-order chi connectivity index (χ0) is 18.4. The molecular formula is C18H20N8O. The van der Waals surface area contributed by atoms with Crippen molar-refractivity contribution < 1.29 is 0 Å². The molecule has 5 rings (SSSR count). The predicted molar refractivity (Wildman–Crippen MR) is 100 cm³/mol. The maximum atomic E-state index is 11.9. The summed E-state index contributed by atoms with van der Waals surface area (Å²) in [6, 6.07) is 5.48. The summed E-state index contributed by atoms with van der Waals surface area (Å²) >= 11 is 0. The van der Waals surface area contributed by atoms with Crippen LogP contribution in [0.5, 0.6) is 0 Å². The Kier molecular flexibility index (Phi) is 3.66. The Morgan fingerprint density at radius 3 is 2.22 bits per heavy atom. The second-order valence-corrected chi connectivity index (χ2v) is 7.21. The lowest BCUT2D eigenvalue weighted by Crippen LogP contribution is -2.31. The first kappa shape index (κ1) is 16.0. The third-order valence-corrected chi connectivity index (χ3v) is 5.47. The van der Waals surface area contributed by atoms with Gasteiger partial charge in [-0.2, -0.15) is 5.10 Å². The lowest BCUT2D eigenvalue weighted by atomic mass is 10.0. The molecule has 138 valence electrons. The fourth-order valence-electron chi connectivity index (χ4n) is 4.03. The highest BCUT2D eigenvalue weighted by atomic mass is 16.1. The Labute approximate surface area is 155 Å². The molecule has 2 unspecified atom stereocenters. The van der Waals surface area contributed by atoms with Crippen molar-refractivity contribution in [3.8, 4) is 5.82 Å². The van der Waals surface area contributed by atoms with Gasteiger partial charge in [-0.05, 0) is 6.07 Å². The van der Waals surface area contributed by atoms with Crippen molar-refractivity contribution in [1.29, 1.82) is 0 Å². The normalized spacial score (nSPS) is 21.7. The Morgan fingerprint density at radius 2 is 1.59 bits per heavy atom. The van der Waals surface area contributed by atoms with Crippen LogP contribution in [0.15, 0.2) is 48.0 Å². The molecular weight excluding hydrogens is 344 g/mol. The molecule has 2 aliphatic heterocycles. The van der Waals surface area contributed by atoms with Crippen molar-refractivity contribution in [3.05, 3.63) is 53.6 Å². The zero-order valence-electron chi connectivity index (χ0n) is 15.0. The molecule has 5 heterocycles. The molecule has 9 nitrogen and oxygen atoms in total. The van der Waals surface area contributed by atoms with Crippen molar-refractivity contribution >= 4 is 11.6 Å². The largest absolute Gasteiger partial charge is 0.356 e. The van der Waals surface area contributed by atoms with Gasteiger partial charge in [-0.1, -0.05) is 0 Å². The first-order valence-corrected chi connectivity index (χ1v) is 9.02. The predicted octanol–water partition coefficient (Wildman–Crippen LogP) is 0.329. The Hall–Kier alpha value is -3.23. The molecule has 9 heteroatoms. The molecule has 3 aromatic rings. The van der Waals surface area contributed by atoms with Crippen LogP contribution < -0.4 is 15.4 Å². The standard InChI is InChI=1S/C18H20N8O/c1-23-12-21-16(6-18(23)27)25-9-13-7-24(8-14(13)10-25)15-5-17(20-11-19-15)26-4-2-3-22-26/h2-6,11-14H,7-10H2,1H3. The van der Waals surface area contributed by atoms with Crippen molar-refractivity contribution in [1.82, 2.24) is 29.3 Å². The van der Waals surface area contributed by atoms with Crippen LogP contribution in [0, 0.1) is 11.8 Å². The number of nitrogens with zero attached hydrogens (tertiary/aromatic N) is 8. The third-order valence-electron chi connectivity index (χ3n) is 5.47. The molecule has 0 N–H and O–H groups in total. The van der Waals surface area contributed by atoms with E-state index in [-0.39, 0.29) is 5.56 Å². The summed E-state index contributed by atoms with van der Waals surface area (Å²) in [6.07, 6.45) is 6.80. The summed E-state index contributed by atoms with van der Waals surface area (Å²) in [7, 11) is 1.72. The monoisotopic (exact) mass is 364 g/mol. The lowest BCUT2D eigenvalue weighted by Gasteiger charge is -2.23. The van der Waals surface area contributed by atoms with Crippen molar-refractivity contribution in [2.75, 3.05) is 36.0 Å². The first-order valence-electron chi connectivity index (χ1n) is 9.02. The van der Waals surface area contributed by atoms with E-state index >= 15 is 0 Å². The lowest BCUT2D eigenvalue weighted by molar-refractivity contribution is 0.533. The summed E-state index contributed by atoms with van der Waals surface area (Å²) in [5, 5.41) is 4.24. The molecule has 2 saturated heterocycles. The van der Waals surface area contributed by atoms with Crippen LogP contribution in [0.1, 0.15) is 0 Å². The maximum absolute atomic E-state index is 11.9. The Bertz CT molecular complexity index is 1000. The summed E-state index contributed by atoms with van der Waals surface area (Å²) in [5.41, 5.74) is -0.0224. The smallest absolute Gasteiger partial charge is 0.255 e. The molecule has 0 spiro atoms. The van der Waals surface area contributed by atoms with Gasteiger partial charge in [-0.15, -0.1) is 0 Å². The van der Waals surface area contributed by atoms with Crippen LogP contribution >= 0.6 is 0 Å². The Morgan fingerprint density at radius 1 is 0.926 bits per heavy atom. The SMILES string of the molecule is Cn1cnc(N2CC3CN(c4cc(-n5cccn5)ncn4)CC3C2)cc1=O. The van der Waals surface area contributed by atoms with Gasteiger partial charge in [0.25, 0.3) is 5.56 Å². The average molecular weight is 364 g/mol. The fraction of sp³-hybridized carbons (Fsp3) is 0.389. The van der Waals surface area contributed by atoms with E-state index in [1.54, 1.807) is 36.6 Å². The van der Waals surface area contributed by atoms with Gasteiger partial charge in [0.05, 0.1) is 6.33 Å². The van der Waals surface area contributed by atoms with Crippen molar-refractivity contribution in [2.45, 2.75) is 0 Å². The van der Waals surface area contributed by atoms with E-state index < -0.39 is 0 Å².